The molecule has 1 fully saturated rings. The number of piperidine rings is 1. The van der Waals surface area contributed by atoms with E-state index in [0.717, 1.165) is 53.9 Å². The lowest BCUT2D eigenvalue weighted by Gasteiger charge is -2.32. The van der Waals surface area contributed by atoms with Gasteiger partial charge in [0.1, 0.15) is 29.9 Å². The maximum absolute atomic E-state index is 11.4. The molecule has 5 rings (SSSR count). The second kappa shape index (κ2) is 9.16. The summed E-state index contributed by atoms with van der Waals surface area (Å²) in [4.78, 5) is 23.3. The Kier molecular flexibility index (Phi) is 6.04. The summed E-state index contributed by atoms with van der Waals surface area (Å²) >= 11 is 0. The first-order valence-electron chi connectivity index (χ1n) is 11.7. The molecule has 4 N–H and O–H groups in total. The number of ether oxygens (including phenoxy) is 1. The first-order valence-corrected chi connectivity index (χ1v) is 11.7. The number of nitrogens with two attached hydrogens (primary N) is 1. The summed E-state index contributed by atoms with van der Waals surface area (Å²) in [6, 6.07) is 16.0. The third-order valence-electron chi connectivity index (χ3n) is 6.75. The molecule has 1 aliphatic rings. The lowest BCUT2D eigenvalue weighted by Crippen LogP contribution is -2.39. The number of fused-ring (bicyclic) bond motifs is 2. The highest BCUT2D eigenvalue weighted by atomic mass is 16.5. The normalized spacial score (nSPS) is 16.5. The second-order valence-electron chi connectivity index (χ2n) is 9.42. The van der Waals surface area contributed by atoms with Crippen LogP contribution in [0.1, 0.15) is 19.8 Å². The molecular formula is C26H29N5O4. The maximum Gasteiger partial charge on any atom is 0.315 e. The van der Waals surface area contributed by atoms with Crippen LogP contribution in [0, 0.1) is 5.41 Å². The van der Waals surface area contributed by atoms with Crippen LogP contribution in [-0.4, -0.2) is 63.1 Å². The average molecular weight is 476 g/mol. The van der Waals surface area contributed by atoms with Gasteiger partial charge in [0, 0.05) is 30.6 Å². The zero-order valence-corrected chi connectivity index (χ0v) is 19.6. The van der Waals surface area contributed by atoms with Gasteiger partial charge in [0.2, 0.25) is 0 Å². The summed E-state index contributed by atoms with van der Waals surface area (Å²) in [7, 11) is 0. The number of benzene rings is 2. The van der Waals surface area contributed by atoms with Crippen LogP contribution in [0.2, 0.25) is 0 Å². The fraction of sp³-hybridized carbons (Fsp3) is 0.346. The van der Waals surface area contributed by atoms with Gasteiger partial charge in [-0.05, 0) is 50.1 Å². The summed E-state index contributed by atoms with van der Waals surface area (Å²) in [5, 5.41) is 19.8. The number of hydrogen-bond acceptors (Lipinski definition) is 7. The number of rotatable bonds is 7. The van der Waals surface area contributed by atoms with Crippen molar-refractivity contribution < 1.29 is 19.7 Å². The van der Waals surface area contributed by atoms with Crippen LogP contribution in [-0.2, 0) is 4.79 Å². The second-order valence-corrected chi connectivity index (χ2v) is 9.42. The molecule has 35 heavy (non-hydrogen) atoms. The molecule has 9 heteroatoms. The molecule has 0 amide bonds. The number of aliphatic hydroxyl groups excluding tert-OH is 1. The molecule has 182 valence electrons. The van der Waals surface area contributed by atoms with E-state index >= 15 is 0 Å². The summed E-state index contributed by atoms with van der Waals surface area (Å²) < 4.78 is 7.60. The number of aliphatic carboxylic acids is 1. The third-order valence-corrected chi connectivity index (χ3v) is 6.75. The van der Waals surface area contributed by atoms with E-state index in [1.807, 2.05) is 16.7 Å². The Morgan fingerprint density at radius 3 is 2.74 bits per heavy atom. The highest BCUT2D eigenvalue weighted by molar-refractivity contribution is 5.92. The molecule has 9 nitrogen and oxygen atoms in total. The van der Waals surface area contributed by atoms with Crippen molar-refractivity contribution in [3.8, 4) is 11.6 Å². The van der Waals surface area contributed by atoms with Gasteiger partial charge in [-0.1, -0.05) is 12.1 Å². The van der Waals surface area contributed by atoms with Crippen molar-refractivity contribution in [3.63, 3.8) is 0 Å². The minimum absolute atomic E-state index is 0.151. The summed E-state index contributed by atoms with van der Waals surface area (Å²) in [6.45, 7) is 2.61. The van der Waals surface area contributed by atoms with Crippen LogP contribution in [0.15, 0.2) is 54.9 Å². The zero-order valence-electron chi connectivity index (χ0n) is 19.6. The first-order chi connectivity index (χ1) is 16.9. The molecule has 0 aliphatic carbocycles. The molecule has 4 aromatic rings. The van der Waals surface area contributed by atoms with Crippen molar-refractivity contribution in [1.82, 2.24) is 14.5 Å². The smallest absolute Gasteiger partial charge is 0.315 e. The minimum atomic E-state index is -1.37. The number of hydrogen-bond donors (Lipinski definition) is 3. The van der Waals surface area contributed by atoms with E-state index in [-0.39, 0.29) is 12.6 Å². The molecule has 3 heterocycles. The van der Waals surface area contributed by atoms with Crippen molar-refractivity contribution in [2.75, 3.05) is 31.2 Å². The molecule has 2 aromatic heterocycles. The predicted octanol–water partition coefficient (Wildman–Crippen LogP) is 2.96. The fourth-order valence-electron chi connectivity index (χ4n) is 4.33. The van der Waals surface area contributed by atoms with Crippen LogP contribution >= 0.6 is 0 Å². The number of para-hydroxylation sites is 1. The van der Waals surface area contributed by atoms with Crippen LogP contribution in [0.3, 0.4) is 0 Å². The Bertz CT molecular complexity index is 1380. The van der Waals surface area contributed by atoms with Gasteiger partial charge in [0.05, 0.1) is 28.8 Å². The molecule has 0 bridgehead atoms. The van der Waals surface area contributed by atoms with Crippen LogP contribution in [0.4, 0.5) is 5.69 Å². The number of imidazole rings is 1. The Morgan fingerprint density at radius 2 is 2.00 bits per heavy atom. The lowest BCUT2D eigenvalue weighted by atomic mass is 9.93. The Balaban J connectivity index is 1.45. The zero-order chi connectivity index (χ0) is 24.6. The number of anilines is 1. The Morgan fingerprint density at radius 1 is 1.20 bits per heavy atom. The highest BCUT2D eigenvalue weighted by Crippen LogP contribution is 2.30. The van der Waals surface area contributed by atoms with Crippen molar-refractivity contribution in [2.45, 2.75) is 25.8 Å². The Labute approximate surface area is 202 Å². The van der Waals surface area contributed by atoms with E-state index in [1.54, 1.807) is 18.5 Å². The van der Waals surface area contributed by atoms with Gasteiger partial charge in [0.15, 0.2) is 0 Å². The molecule has 1 aliphatic heterocycles. The topological polar surface area (TPSA) is 127 Å². The molecule has 1 atom stereocenters. The van der Waals surface area contributed by atoms with Gasteiger partial charge in [-0.15, -0.1) is 0 Å². The Hall–Kier alpha value is -3.69. The van der Waals surface area contributed by atoms with E-state index < -0.39 is 18.0 Å². The summed E-state index contributed by atoms with van der Waals surface area (Å²) in [5.74, 6) is 0.133. The quantitative estimate of drug-likeness (QED) is 0.372. The predicted molar refractivity (Wildman–Crippen MR) is 134 cm³/mol. The number of carboxylic acid groups (broad SMARTS) is 1. The summed E-state index contributed by atoms with van der Waals surface area (Å²) in [5.41, 5.74) is 8.34. The lowest BCUT2D eigenvalue weighted by molar-refractivity contribution is -0.152. The summed E-state index contributed by atoms with van der Waals surface area (Å²) in [6.07, 6.45) is 3.66. The molecule has 1 unspecified atom stereocenters. The number of aromatic nitrogens is 3. The molecule has 0 saturated carbocycles. The van der Waals surface area contributed by atoms with E-state index in [0.29, 0.717) is 11.3 Å². The number of pyridine rings is 1. The number of nitrogens with zero attached hydrogens (tertiary/aromatic N) is 4. The van der Waals surface area contributed by atoms with Crippen molar-refractivity contribution >= 4 is 33.6 Å². The van der Waals surface area contributed by atoms with E-state index in [1.165, 1.54) is 6.92 Å². The standard InChI is InChI=1S/C26H29N5O4/c1-26(14-32,25(33)34)15-35-19-6-7-21-20(13-19)28-16-31(21)23-8-5-17-3-2-4-22(24(17)29-23)30-11-9-18(27)10-12-30/h2-8,13,16,18,32H,9-12,14-15,27H2,1H3,(H,33,34). The van der Waals surface area contributed by atoms with E-state index in [4.69, 9.17) is 15.5 Å². The van der Waals surface area contributed by atoms with E-state index in [9.17, 15) is 15.0 Å². The average Bonchev–Trinajstić information content (AvgIpc) is 3.30. The number of aliphatic hydroxyl groups is 1. The van der Waals surface area contributed by atoms with Gasteiger partial charge >= 0.3 is 5.97 Å². The number of carboxylic acids is 1. The van der Waals surface area contributed by atoms with Crippen molar-refractivity contribution in [2.24, 2.45) is 11.1 Å². The highest BCUT2D eigenvalue weighted by Gasteiger charge is 2.33. The van der Waals surface area contributed by atoms with Crippen molar-refractivity contribution in [3.05, 3.63) is 54.9 Å². The van der Waals surface area contributed by atoms with Crippen LogP contribution in [0.25, 0.3) is 27.8 Å². The van der Waals surface area contributed by atoms with Crippen LogP contribution < -0.4 is 15.4 Å². The molecule has 1 saturated heterocycles. The molecule has 0 spiro atoms. The van der Waals surface area contributed by atoms with Gasteiger partial charge in [-0.2, -0.15) is 0 Å². The van der Waals surface area contributed by atoms with Gasteiger partial charge < -0.3 is 25.6 Å². The van der Waals surface area contributed by atoms with E-state index in [2.05, 4.69) is 34.1 Å². The maximum atomic E-state index is 11.4. The first kappa shape index (κ1) is 23.1. The van der Waals surface area contributed by atoms with Gasteiger partial charge in [-0.25, -0.2) is 9.97 Å². The van der Waals surface area contributed by atoms with Crippen LogP contribution in [0.5, 0.6) is 5.75 Å². The third kappa shape index (κ3) is 4.40. The molecular weight excluding hydrogens is 446 g/mol. The monoisotopic (exact) mass is 475 g/mol. The molecule has 0 radical (unpaired) electrons. The van der Waals surface area contributed by atoms with Gasteiger partial charge in [0.25, 0.3) is 0 Å². The van der Waals surface area contributed by atoms with Crippen molar-refractivity contribution in [1.29, 1.82) is 0 Å². The minimum Gasteiger partial charge on any atom is -0.492 e. The largest absolute Gasteiger partial charge is 0.492 e. The number of carbonyl (C=O) groups is 1. The fourth-order valence-corrected chi connectivity index (χ4v) is 4.33. The SMILES string of the molecule is CC(CO)(COc1ccc2c(c1)ncn2-c1ccc2cccc(N3CCC(N)CC3)c2n1)C(=O)O. The molecule has 2 aromatic carbocycles. The van der Waals surface area contributed by atoms with Gasteiger partial charge in [-0.3, -0.25) is 9.36 Å².